The first kappa shape index (κ1) is 45.7. The van der Waals surface area contributed by atoms with E-state index in [-0.39, 0.29) is 0 Å². The number of hydrogen-bond acceptors (Lipinski definition) is 8. The molecule has 0 radical (unpaired) electrons. The summed E-state index contributed by atoms with van der Waals surface area (Å²) in [6.07, 6.45) is 1.70. The number of ether oxygens (including phenoxy) is 6. The molecule has 0 fully saturated rings. The third-order valence-corrected chi connectivity index (χ3v) is 10.4. The van der Waals surface area contributed by atoms with Crippen molar-refractivity contribution < 1.29 is 38.0 Å². The van der Waals surface area contributed by atoms with Gasteiger partial charge in [-0.15, -0.1) is 0 Å². The third kappa shape index (κ3) is 15.5. The van der Waals surface area contributed by atoms with Gasteiger partial charge in [0.2, 0.25) is 0 Å². The summed E-state index contributed by atoms with van der Waals surface area (Å²) in [5.41, 5.74) is 14.1. The van der Waals surface area contributed by atoms with Crippen molar-refractivity contribution in [2.75, 3.05) is 0 Å². The average molecular weight is 855 g/mol. The lowest BCUT2D eigenvalue weighted by atomic mass is 10.1. The van der Waals surface area contributed by atoms with Crippen molar-refractivity contribution in [1.82, 2.24) is 0 Å². The van der Waals surface area contributed by atoms with Crippen LogP contribution < -0.4 is 0 Å². The predicted molar refractivity (Wildman–Crippen MR) is 247 cm³/mol. The van der Waals surface area contributed by atoms with Crippen LogP contribution in [0.1, 0.15) is 87.5 Å². The van der Waals surface area contributed by atoms with Gasteiger partial charge in [0.05, 0.1) is 79.3 Å². The highest BCUT2D eigenvalue weighted by molar-refractivity contribution is 5.75. The molecular weight excluding hydrogens is 801 g/mol. The number of benzene rings is 7. The smallest absolute Gasteiger partial charge is 0.150 e. The monoisotopic (exact) mass is 854 g/mol. The highest BCUT2D eigenvalue weighted by atomic mass is 16.5. The third-order valence-electron chi connectivity index (χ3n) is 10.4. The lowest BCUT2D eigenvalue weighted by Crippen LogP contribution is -2.00. The summed E-state index contributed by atoms with van der Waals surface area (Å²) < 4.78 is 36.2. The Hall–Kier alpha value is -6.36. The zero-order valence-corrected chi connectivity index (χ0v) is 36.1. The highest BCUT2D eigenvalue weighted by Crippen LogP contribution is 2.17. The van der Waals surface area contributed by atoms with Gasteiger partial charge in [-0.1, -0.05) is 158 Å². The molecule has 0 heterocycles. The van der Waals surface area contributed by atoms with Crippen LogP contribution in [0, 0.1) is 0 Å². The van der Waals surface area contributed by atoms with Crippen LogP contribution in [0.2, 0.25) is 0 Å². The number of carbonyl (C=O) groups is 2. The van der Waals surface area contributed by atoms with Gasteiger partial charge in [-0.2, -0.15) is 0 Å². The van der Waals surface area contributed by atoms with Crippen molar-refractivity contribution in [2.45, 2.75) is 79.3 Å². The van der Waals surface area contributed by atoms with Crippen molar-refractivity contribution in [3.05, 3.63) is 248 Å². The summed E-state index contributed by atoms with van der Waals surface area (Å²) in [4.78, 5) is 22.1. The van der Waals surface area contributed by atoms with E-state index in [9.17, 15) is 9.59 Å². The molecule has 0 aromatic heterocycles. The maximum atomic E-state index is 11.1. The first-order valence-corrected chi connectivity index (χ1v) is 21.5. The first-order chi connectivity index (χ1) is 31.6. The fourth-order valence-electron chi connectivity index (χ4n) is 7.28. The van der Waals surface area contributed by atoms with Crippen molar-refractivity contribution in [3.63, 3.8) is 0 Å². The zero-order valence-electron chi connectivity index (χ0n) is 36.1. The van der Waals surface area contributed by atoms with Crippen molar-refractivity contribution >= 4 is 12.6 Å². The van der Waals surface area contributed by atoms with Crippen molar-refractivity contribution in [1.29, 1.82) is 0 Å². The second-order valence-electron chi connectivity index (χ2n) is 15.8. The fraction of sp³-hybridized carbons (Fsp3) is 0.214. The Morgan fingerprint density at radius 2 is 0.391 bits per heavy atom. The van der Waals surface area contributed by atoms with Gasteiger partial charge < -0.3 is 28.4 Å². The molecule has 0 unspecified atom stereocenters. The standard InChI is InChI=1S/C56H54O8/c57-29-43-8-1-10-45(22-43)31-59-33-47-12-3-14-49(24-47)35-61-37-51-16-5-18-53(26-51)39-63-41-55-20-7-21-56(28-55)42-64-40-54-19-6-17-52(27-54)38-62-36-50-15-4-13-48(25-50)34-60-32-46-11-2-9-44(23-46)30-58/h1-30H,31-42H2. The lowest BCUT2D eigenvalue weighted by molar-refractivity contribution is 0.100. The second-order valence-corrected chi connectivity index (χ2v) is 15.8. The van der Waals surface area contributed by atoms with Gasteiger partial charge in [-0.25, -0.2) is 0 Å². The van der Waals surface area contributed by atoms with Gasteiger partial charge >= 0.3 is 0 Å². The minimum Gasteiger partial charge on any atom is -0.372 e. The summed E-state index contributed by atoms with van der Waals surface area (Å²) in [7, 11) is 0. The lowest BCUT2D eigenvalue weighted by Gasteiger charge is -2.11. The maximum Gasteiger partial charge on any atom is 0.150 e. The molecule has 0 aliphatic rings. The summed E-state index contributed by atoms with van der Waals surface area (Å²) in [6.45, 7) is 5.83. The molecule has 64 heavy (non-hydrogen) atoms. The summed E-state index contributed by atoms with van der Waals surface area (Å²) in [6, 6.07) is 56.3. The average Bonchev–Trinajstić information content (AvgIpc) is 3.32. The fourth-order valence-corrected chi connectivity index (χ4v) is 7.28. The van der Waals surface area contributed by atoms with Crippen LogP contribution in [0.3, 0.4) is 0 Å². The summed E-state index contributed by atoms with van der Waals surface area (Å²) in [5.74, 6) is 0. The first-order valence-electron chi connectivity index (χ1n) is 21.5. The topological polar surface area (TPSA) is 89.5 Å². The van der Waals surface area contributed by atoms with E-state index in [1.165, 1.54) is 0 Å². The minimum atomic E-state index is 0.444. The van der Waals surface area contributed by atoms with Crippen LogP contribution >= 0.6 is 0 Å². The largest absolute Gasteiger partial charge is 0.372 e. The van der Waals surface area contributed by atoms with Gasteiger partial charge in [0.15, 0.2) is 0 Å². The normalized spacial score (nSPS) is 11.1. The van der Waals surface area contributed by atoms with Gasteiger partial charge in [0, 0.05) is 11.1 Å². The van der Waals surface area contributed by atoms with Crippen molar-refractivity contribution in [3.8, 4) is 0 Å². The van der Waals surface area contributed by atoms with E-state index in [4.69, 9.17) is 28.4 Å². The molecular formula is C56H54O8. The van der Waals surface area contributed by atoms with Crippen LogP contribution in [0.4, 0.5) is 0 Å². The molecule has 7 aromatic rings. The van der Waals surface area contributed by atoms with E-state index >= 15 is 0 Å². The quantitative estimate of drug-likeness (QED) is 0.0498. The molecule has 0 aliphatic carbocycles. The molecule has 0 saturated carbocycles. The van der Waals surface area contributed by atoms with E-state index in [1.807, 2.05) is 78.9 Å². The summed E-state index contributed by atoms with van der Waals surface area (Å²) >= 11 is 0. The van der Waals surface area contributed by atoms with Gasteiger partial charge in [-0.3, -0.25) is 9.59 Å². The molecule has 326 valence electrons. The number of carbonyl (C=O) groups excluding carboxylic acids is 2. The van der Waals surface area contributed by atoms with E-state index in [0.717, 1.165) is 79.3 Å². The SMILES string of the molecule is O=Cc1cccc(COCc2cccc(COCc3cccc(COCc4cccc(COCc5cccc(COCc6cccc(COCc7cccc(C=O)c7)c6)c5)c4)c3)c2)c1. The van der Waals surface area contributed by atoms with Crippen LogP contribution in [0.15, 0.2) is 170 Å². The molecule has 0 amide bonds. The van der Waals surface area contributed by atoms with E-state index in [0.29, 0.717) is 90.4 Å². The van der Waals surface area contributed by atoms with Crippen LogP contribution in [-0.4, -0.2) is 12.6 Å². The Morgan fingerprint density at radius 3 is 0.562 bits per heavy atom. The molecule has 8 heteroatoms. The van der Waals surface area contributed by atoms with E-state index in [1.54, 1.807) is 12.1 Å². The van der Waals surface area contributed by atoms with Crippen LogP contribution in [0.5, 0.6) is 0 Å². The Labute approximate surface area is 376 Å². The minimum absolute atomic E-state index is 0.444. The van der Waals surface area contributed by atoms with Gasteiger partial charge in [0.1, 0.15) is 12.6 Å². The molecule has 7 rings (SSSR count). The molecule has 0 spiro atoms. The summed E-state index contributed by atoms with van der Waals surface area (Å²) in [5, 5.41) is 0. The molecule has 0 atom stereocenters. The second kappa shape index (κ2) is 25.1. The van der Waals surface area contributed by atoms with E-state index in [2.05, 4.69) is 78.9 Å². The highest BCUT2D eigenvalue weighted by Gasteiger charge is 2.06. The molecule has 0 aliphatic heterocycles. The Kier molecular flexibility index (Phi) is 17.9. The number of rotatable bonds is 26. The molecule has 0 saturated heterocycles. The predicted octanol–water partition coefficient (Wildman–Crippen LogP) is 11.6. The zero-order chi connectivity index (χ0) is 44.0. The van der Waals surface area contributed by atoms with Crippen LogP contribution in [0.25, 0.3) is 0 Å². The molecule has 7 aromatic carbocycles. The molecule has 0 bridgehead atoms. The maximum absolute atomic E-state index is 11.1. The van der Waals surface area contributed by atoms with E-state index < -0.39 is 0 Å². The number of hydrogen-bond donors (Lipinski definition) is 0. The van der Waals surface area contributed by atoms with Crippen LogP contribution in [-0.2, 0) is 108 Å². The van der Waals surface area contributed by atoms with Crippen molar-refractivity contribution in [2.24, 2.45) is 0 Å². The Balaban J connectivity index is 0.775. The van der Waals surface area contributed by atoms with Gasteiger partial charge in [0.25, 0.3) is 0 Å². The molecule has 0 N–H and O–H groups in total. The van der Waals surface area contributed by atoms with Gasteiger partial charge in [-0.05, 0) is 78.9 Å². The Morgan fingerprint density at radius 1 is 0.234 bits per heavy atom. The number of aldehydes is 2. The Bertz CT molecular complexity index is 2380. The molecule has 8 nitrogen and oxygen atoms in total.